The fraction of sp³-hybridized carbons (Fsp3) is 1.00. The summed E-state index contributed by atoms with van der Waals surface area (Å²) in [4.78, 5) is 0. The van der Waals surface area contributed by atoms with E-state index in [4.69, 9.17) is 0 Å². The predicted octanol–water partition coefficient (Wildman–Crippen LogP) is 3.35. The monoisotopic (exact) mass is 254 g/mol. The molecule has 0 amide bonds. The molecule has 0 aliphatic rings. The molecule has 56 valence electrons. The van der Waals surface area contributed by atoms with E-state index < -0.39 is 17.0 Å². The number of hydrogen-bond donors (Lipinski definition) is 0. The summed E-state index contributed by atoms with van der Waals surface area (Å²) >= 11 is -1.47. The van der Waals surface area contributed by atoms with E-state index in [1.807, 2.05) is 0 Å². The first kappa shape index (κ1) is 10.1. The van der Waals surface area contributed by atoms with Crippen LogP contribution in [0.3, 0.4) is 0 Å². The molecule has 0 unspecified atom stereocenters. The zero-order chi connectivity index (χ0) is 7.33. The van der Waals surface area contributed by atoms with Gasteiger partial charge in [0.2, 0.25) is 0 Å². The SMILES string of the molecule is C[CH2][Sn]([CH2]C)([CH2]C)[S]C. The first-order valence-electron chi connectivity index (χ1n) is 3.79. The van der Waals surface area contributed by atoms with Crippen molar-refractivity contribution >= 4 is 25.9 Å². The van der Waals surface area contributed by atoms with Gasteiger partial charge in [0.25, 0.3) is 0 Å². The van der Waals surface area contributed by atoms with Crippen LogP contribution in [-0.4, -0.2) is 23.2 Å². The molecule has 0 aromatic carbocycles. The van der Waals surface area contributed by atoms with Gasteiger partial charge < -0.3 is 0 Å². The molecule has 0 saturated carbocycles. The Bertz CT molecular complexity index is 51.8. The fourth-order valence-electron chi connectivity index (χ4n) is 1.18. The molecule has 0 aromatic heterocycles. The van der Waals surface area contributed by atoms with Gasteiger partial charge in [-0.25, -0.2) is 0 Å². The van der Waals surface area contributed by atoms with Crippen LogP contribution in [-0.2, 0) is 0 Å². The van der Waals surface area contributed by atoms with Gasteiger partial charge in [-0.3, -0.25) is 0 Å². The summed E-state index contributed by atoms with van der Waals surface area (Å²) in [7, 11) is 2.23. The van der Waals surface area contributed by atoms with Crippen molar-refractivity contribution in [3.63, 3.8) is 0 Å². The van der Waals surface area contributed by atoms with Crippen LogP contribution >= 0.6 is 8.95 Å². The molecule has 0 atom stereocenters. The van der Waals surface area contributed by atoms with Crippen LogP contribution in [0.2, 0.25) is 13.3 Å². The topological polar surface area (TPSA) is 0 Å². The molecular formula is C7H18SSn. The molecule has 0 aliphatic carbocycles. The zero-order valence-electron chi connectivity index (χ0n) is 7.03. The third-order valence-electron chi connectivity index (χ3n) is 2.37. The van der Waals surface area contributed by atoms with Gasteiger partial charge in [-0.1, -0.05) is 0 Å². The van der Waals surface area contributed by atoms with Crippen molar-refractivity contribution in [3.05, 3.63) is 0 Å². The summed E-state index contributed by atoms with van der Waals surface area (Å²) in [5.41, 5.74) is 0. The van der Waals surface area contributed by atoms with Gasteiger partial charge in [0.15, 0.2) is 0 Å². The predicted molar refractivity (Wildman–Crippen MR) is 50.7 cm³/mol. The van der Waals surface area contributed by atoms with Crippen molar-refractivity contribution in [1.82, 2.24) is 0 Å². The molecule has 0 aliphatic heterocycles. The fourth-order valence-corrected chi connectivity index (χ4v) is 13.7. The van der Waals surface area contributed by atoms with Crippen LogP contribution in [0.4, 0.5) is 0 Å². The van der Waals surface area contributed by atoms with E-state index in [9.17, 15) is 0 Å². The number of hydrogen-bond acceptors (Lipinski definition) is 1. The molecular weight excluding hydrogens is 235 g/mol. The third-order valence-corrected chi connectivity index (χ3v) is 27.5. The van der Waals surface area contributed by atoms with Crippen molar-refractivity contribution < 1.29 is 0 Å². The average Bonchev–Trinajstić information content (AvgIpc) is 1.95. The van der Waals surface area contributed by atoms with Crippen molar-refractivity contribution in [2.75, 3.05) is 6.26 Å². The molecule has 0 spiro atoms. The maximum atomic E-state index is 2.37. The first-order chi connectivity index (χ1) is 4.24. The van der Waals surface area contributed by atoms with Gasteiger partial charge in [0, 0.05) is 0 Å². The first-order valence-corrected chi connectivity index (χ1v) is 14.6. The van der Waals surface area contributed by atoms with Gasteiger partial charge in [0.05, 0.1) is 0 Å². The number of rotatable bonds is 4. The van der Waals surface area contributed by atoms with E-state index in [1.54, 1.807) is 0 Å². The minimum atomic E-state index is -1.47. The van der Waals surface area contributed by atoms with Crippen LogP contribution in [0.15, 0.2) is 0 Å². The molecule has 0 rings (SSSR count). The normalized spacial score (nSPS) is 12.0. The van der Waals surface area contributed by atoms with E-state index in [2.05, 4.69) is 36.0 Å². The molecule has 0 N–H and O–H groups in total. The van der Waals surface area contributed by atoms with E-state index >= 15 is 0 Å². The Kier molecular flexibility index (Phi) is 5.51. The molecule has 0 radical (unpaired) electrons. The molecule has 0 nitrogen and oxygen atoms in total. The van der Waals surface area contributed by atoms with E-state index in [1.165, 1.54) is 13.3 Å². The molecule has 9 heavy (non-hydrogen) atoms. The van der Waals surface area contributed by atoms with Crippen LogP contribution < -0.4 is 0 Å². The molecule has 0 bridgehead atoms. The van der Waals surface area contributed by atoms with Crippen molar-refractivity contribution in [2.24, 2.45) is 0 Å². The Labute approximate surface area is 66.1 Å². The van der Waals surface area contributed by atoms with E-state index in [0.717, 1.165) is 0 Å². The van der Waals surface area contributed by atoms with Crippen LogP contribution in [0.1, 0.15) is 20.8 Å². The summed E-state index contributed by atoms with van der Waals surface area (Å²) < 4.78 is 4.55. The summed E-state index contributed by atoms with van der Waals surface area (Å²) in [5, 5.41) is 0. The Balaban J connectivity index is 3.82. The summed E-state index contributed by atoms with van der Waals surface area (Å²) in [6, 6.07) is 0. The van der Waals surface area contributed by atoms with E-state index in [0.29, 0.717) is 0 Å². The Hall–Kier alpha value is 1.15. The molecule has 2 heteroatoms. The second-order valence-electron chi connectivity index (χ2n) is 2.45. The van der Waals surface area contributed by atoms with Gasteiger partial charge in [-0.05, 0) is 0 Å². The van der Waals surface area contributed by atoms with Gasteiger partial charge in [-0.15, -0.1) is 0 Å². The summed E-state index contributed by atoms with van der Waals surface area (Å²) in [6.07, 6.45) is 2.31. The van der Waals surface area contributed by atoms with Crippen molar-refractivity contribution in [1.29, 1.82) is 0 Å². The van der Waals surface area contributed by atoms with Gasteiger partial charge >= 0.3 is 66.3 Å². The standard InChI is InChI=1S/3C2H5.CH4S.Sn/c4*1-2;/h3*1H2,2H3;2H,1H3;/q;;;;+1/p-1. The van der Waals surface area contributed by atoms with Crippen LogP contribution in [0.5, 0.6) is 0 Å². The molecule has 0 saturated heterocycles. The zero-order valence-corrected chi connectivity index (χ0v) is 10.7. The van der Waals surface area contributed by atoms with Crippen LogP contribution in [0.25, 0.3) is 0 Å². The molecule has 0 fully saturated rings. The maximum absolute atomic E-state index is 2.37. The second-order valence-corrected chi connectivity index (χ2v) is 25.0. The quantitative estimate of drug-likeness (QED) is 0.692. The Morgan fingerprint density at radius 3 is 1.33 bits per heavy atom. The summed E-state index contributed by atoms with van der Waals surface area (Å²) in [6.45, 7) is 7.12. The molecule has 0 heterocycles. The Morgan fingerprint density at radius 2 is 1.33 bits per heavy atom. The van der Waals surface area contributed by atoms with Gasteiger partial charge in [-0.2, -0.15) is 0 Å². The second kappa shape index (κ2) is 4.89. The van der Waals surface area contributed by atoms with Crippen LogP contribution in [0, 0.1) is 0 Å². The van der Waals surface area contributed by atoms with E-state index in [-0.39, 0.29) is 0 Å². The average molecular weight is 253 g/mol. The van der Waals surface area contributed by atoms with Gasteiger partial charge in [0.1, 0.15) is 0 Å². The Morgan fingerprint density at radius 1 is 1.00 bits per heavy atom. The van der Waals surface area contributed by atoms with Crippen molar-refractivity contribution in [3.8, 4) is 0 Å². The van der Waals surface area contributed by atoms with Crippen molar-refractivity contribution in [2.45, 2.75) is 34.1 Å². The molecule has 0 aromatic rings. The third kappa shape index (κ3) is 2.70. The summed E-state index contributed by atoms with van der Waals surface area (Å²) in [5.74, 6) is 0. The minimum absolute atomic E-state index is 1.47.